The molecule has 0 aromatic heterocycles. The van der Waals surface area contributed by atoms with Gasteiger partial charge in [0.05, 0.1) is 16.2 Å². The molecule has 0 aliphatic heterocycles. The first-order valence-corrected chi connectivity index (χ1v) is 6.92. The predicted molar refractivity (Wildman–Crippen MR) is 84.8 cm³/mol. The lowest BCUT2D eigenvalue weighted by atomic mass is 10.1. The van der Waals surface area contributed by atoms with E-state index in [2.05, 4.69) is 10.6 Å². The molecule has 2 N–H and O–H groups in total. The Bertz CT molecular complexity index is 762. The first kappa shape index (κ1) is 16.4. The fourth-order valence-corrected chi connectivity index (χ4v) is 2.12. The maximum atomic E-state index is 13.2. The van der Waals surface area contributed by atoms with Crippen molar-refractivity contribution in [1.82, 2.24) is 5.32 Å². The minimum atomic E-state index is -0.500. The molecule has 0 saturated carbocycles. The summed E-state index contributed by atoms with van der Waals surface area (Å²) in [5.41, 5.74) is 1.95. The number of aryl methyl sites for hydroxylation is 1. The Balaban J connectivity index is 2.01. The number of rotatable bonds is 4. The van der Waals surface area contributed by atoms with E-state index < -0.39 is 11.0 Å². The van der Waals surface area contributed by atoms with Gasteiger partial charge in [0.25, 0.3) is 5.69 Å². The number of carbonyl (C=O) groups excluding carboxylic acids is 1. The quantitative estimate of drug-likeness (QED) is 0.666. The molecule has 0 unspecified atom stereocenters. The third kappa shape index (κ3) is 4.03. The van der Waals surface area contributed by atoms with Crippen LogP contribution in [0.2, 0.25) is 0 Å². The second kappa shape index (κ2) is 6.87. The minimum absolute atomic E-state index is 0.0584. The summed E-state index contributed by atoms with van der Waals surface area (Å²) in [4.78, 5) is 22.3. The molecule has 0 aliphatic rings. The van der Waals surface area contributed by atoms with Crippen LogP contribution in [0.25, 0.3) is 0 Å². The molecule has 2 amide bonds. The number of nitrogens with zero attached hydrogens (tertiary/aromatic N) is 1. The van der Waals surface area contributed by atoms with Gasteiger partial charge in [0.2, 0.25) is 0 Å². The van der Waals surface area contributed by atoms with E-state index in [-0.39, 0.29) is 18.0 Å². The molecule has 0 radical (unpaired) electrons. The van der Waals surface area contributed by atoms with Crippen LogP contribution in [0.4, 0.5) is 20.6 Å². The molecular formula is C16H16FN3O3. The maximum Gasteiger partial charge on any atom is 0.319 e. The van der Waals surface area contributed by atoms with E-state index in [0.29, 0.717) is 16.8 Å². The van der Waals surface area contributed by atoms with Gasteiger partial charge in [0.15, 0.2) is 0 Å². The van der Waals surface area contributed by atoms with Crippen molar-refractivity contribution in [1.29, 1.82) is 0 Å². The SMILES string of the molecule is Cc1cc(CNC(=O)Nc2cccc([N+](=O)[O-])c2C)ccc1F. The van der Waals surface area contributed by atoms with E-state index in [0.717, 1.165) is 5.56 Å². The molecule has 2 aromatic carbocycles. The number of benzene rings is 2. The average Bonchev–Trinajstić information content (AvgIpc) is 2.50. The number of amides is 2. The summed E-state index contributed by atoms with van der Waals surface area (Å²) in [6.45, 7) is 3.43. The van der Waals surface area contributed by atoms with Gasteiger partial charge in [-0.1, -0.05) is 18.2 Å². The number of nitro groups is 1. The monoisotopic (exact) mass is 317 g/mol. The summed E-state index contributed by atoms with van der Waals surface area (Å²) in [7, 11) is 0. The van der Waals surface area contributed by atoms with E-state index in [4.69, 9.17) is 0 Å². The van der Waals surface area contributed by atoms with Gasteiger partial charge < -0.3 is 10.6 Å². The third-order valence-electron chi connectivity index (χ3n) is 3.43. The number of halogens is 1. The first-order valence-electron chi connectivity index (χ1n) is 6.92. The fourth-order valence-electron chi connectivity index (χ4n) is 2.12. The summed E-state index contributed by atoms with van der Waals surface area (Å²) in [5.74, 6) is -0.301. The summed E-state index contributed by atoms with van der Waals surface area (Å²) >= 11 is 0. The Hall–Kier alpha value is -2.96. The van der Waals surface area contributed by atoms with Crippen LogP contribution >= 0.6 is 0 Å². The van der Waals surface area contributed by atoms with Gasteiger partial charge in [0, 0.05) is 12.6 Å². The predicted octanol–water partition coefficient (Wildman–Crippen LogP) is 3.67. The maximum absolute atomic E-state index is 13.2. The zero-order chi connectivity index (χ0) is 17.0. The molecule has 0 saturated heterocycles. The van der Waals surface area contributed by atoms with E-state index in [1.807, 2.05) is 0 Å². The van der Waals surface area contributed by atoms with Crippen LogP contribution in [-0.4, -0.2) is 11.0 Å². The highest BCUT2D eigenvalue weighted by Crippen LogP contribution is 2.24. The highest BCUT2D eigenvalue weighted by molar-refractivity contribution is 5.90. The zero-order valence-electron chi connectivity index (χ0n) is 12.7. The molecule has 7 heteroatoms. The third-order valence-corrected chi connectivity index (χ3v) is 3.43. The van der Waals surface area contributed by atoms with Crippen LogP contribution in [0.3, 0.4) is 0 Å². The van der Waals surface area contributed by atoms with Gasteiger partial charge in [0.1, 0.15) is 5.82 Å². The molecule has 2 rings (SSSR count). The van der Waals surface area contributed by atoms with Crippen LogP contribution in [0.5, 0.6) is 0 Å². The Morgan fingerprint density at radius 1 is 1.26 bits per heavy atom. The Kier molecular flexibility index (Phi) is 4.90. The highest BCUT2D eigenvalue weighted by atomic mass is 19.1. The van der Waals surface area contributed by atoms with Gasteiger partial charge >= 0.3 is 6.03 Å². The van der Waals surface area contributed by atoms with Crippen molar-refractivity contribution in [3.63, 3.8) is 0 Å². The minimum Gasteiger partial charge on any atom is -0.334 e. The summed E-state index contributed by atoms with van der Waals surface area (Å²) in [6, 6.07) is 8.55. The largest absolute Gasteiger partial charge is 0.334 e. The van der Waals surface area contributed by atoms with Crippen LogP contribution in [0.15, 0.2) is 36.4 Å². The van der Waals surface area contributed by atoms with Crippen molar-refractivity contribution >= 4 is 17.4 Å². The van der Waals surface area contributed by atoms with Crippen molar-refractivity contribution < 1.29 is 14.1 Å². The average molecular weight is 317 g/mol. The van der Waals surface area contributed by atoms with Crippen molar-refractivity contribution in [2.24, 2.45) is 0 Å². The molecule has 0 fully saturated rings. The van der Waals surface area contributed by atoms with E-state index >= 15 is 0 Å². The van der Waals surface area contributed by atoms with Crippen molar-refractivity contribution in [2.75, 3.05) is 5.32 Å². The van der Waals surface area contributed by atoms with E-state index in [1.54, 1.807) is 32.0 Å². The summed E-state index contributed by atoms with van der Waals surface area (Å²) in [5, 5.41) is 16.1. The van der Waals surface area contributed by atoms with Gasteiger partial charge in [-0.25, -0.2) is 9.18 Å². The number of hydrogen-bond donors (Lipinski definition) is 2. The van der Waals surface area contributed by atoms with Crippen molar-refractivity contribution in [3.8, 4) is 0 Å². The summed E-state index contributed by atoms with van der Waals surface area (Å²) in [6.07, 6.45) is 0. The summed E-state index contributed by atoms with van der Waals surface area (Å²) < 4.78 is 13.2. The lowest BCUT2D eigenvalue weighted by Crippen LogP contribution is -2.28. The molecule has 0 bridgehead atoms. The second-order valence-corrected chi connectivity index (χ2v) is 5.10. The van der Waals surface area contributed by atoms with Crippen LogP contribution < -0.4 is 10.6 Å². The van der Waals surface area contributed by atoms with Crippen LogP contribution in [0.1, 0.15) is 16.7 Å². The van der Waals surface area contributed by atoms with E-state index in [9.17, 15) is 19.3 Å². The molecule has 120 valence electrons. The number of nitrogens with one attached hydrogen (secondary N) is 2. The second-order valence-electron chi connectivity index (χ2n) is 5.10. The fraction of sp³-hybridized carbons (Fsp3) is 0.188. The smallest absolute Gasteiger partial charge is 0.319 e. The Morgan fingerprint density at radius 2 is 2.00 bits per heavy atom. The molecule has 23 heavy (non-hydrogen) atoms. The first-order chi connectivity index (χ1) is 10.9. The normalized spacial score (nSPS) is 10.2. The molecule has 0 heterocycles. The molecule has 6 nitrogen and oxygen atoms in total. The van der Waals surface area contributed by atoms with Gasteiger partial charge in [-0.3, -0.25) is 10.1 Å². The molecule has 0 aliphatic carbocycles. The van der Waals surface area contributed by atoms with Crippen LogP contribution in [0, 0.1) is 29.8 Å². The Labute approximate surface area is 132 Å². The van der Waals surface area contributed by atoms with Gasteiger partial charge in [-0.2, -0.15) is 0 Å². The number of urea groups is 1. The lowest BCUT2D eigenvalue weighted by Gasteiger charge is -2.10. The van der Waals surface area contributed by atoms with Crippen molar-refractivity contribution in [2.45, 2.75) is 20.4 Å². The zero-order valence-corrected chi connectivity index (χ0v) is 12.7. The topological polar surface area (TPSA) is 84.3 Å². The number of carbonyl (C=O) groups is 1. The lowest BCUT2D eigenvalue weighted by molar-refractivity contribution is -0.385. The number of nitro benzene ring substituents is 1. The van der Waals surface area contributed by atoms with Crippen molar-refractivity contribution in [3.05, 3.63) is 69.0 Å². The molecular weight excluding hydrogens is 301 g/mol. The molecule has 0 spiro atoms. The Morgan fingerprint density at radius 3 is 2.65 bits per heavy atom. The number of anilines is 1. The standard InChI is InChI=1S/C16H16FN3O3/c1-10-8-12(6-7-13(10)17)9-18-16(21)19-14-4-3-5-15(11(14)2)20(22)23/h3-8H,9H2,1-2H3,(H2,18,19,21). The van der Waals surface area contributed by atoms with Gasteiger partial charge in [-0.15, -0.1) is 0 Å². The highest BCUT2D eigenvalue weighted by Gasteiger charge is 2.14. The van der Waals surface area contributed by atoms with E-state index in [1.165, 1.54) is 18.2 Å². The number of hydrogen-bond acceptors (Lipinski definition) is 3. The van der Waals surface area contributed by atoms with Gasteiger partial charge in [-0.05, 0) is 37.1 Å². The molecule has 0 atom stereocenters. The molecule has 2 aromatic rings. The van der Waals surface area contributed by atoms with Crippen LogP contribution in [-0.2, 0) is 6.54 Å².